The third-order valence-electron chi connectivity index (χ3n) is 2.31. The smallest absolute Gasteiger partial charge is 0.336 e. The van der Waals surface area contributed by atoms with Crippen molar-refractivity contribution in [3.8, 4) is 10.9 Å². The molecule has 2 heterocycles. The fourth-order valence-electron chi connectivity index (χ4n) is 1.52. The van der Waals surface area contributed by atoms with Gasteiger partial charge < -0.3 is 9.15 Å². The Morgan fingerprint density at radius 2 is 2.11 bits per heavy atom. The third-order valence-corrected chi connectivity index (χ3v) is 2.99. The molecule has 0 saturated heterocycles. The predicted octanol–water partition coefficient (Wildman–Crippen LogP) is 2.75. The third kappa shape index (κ3) is 2.10. The molecule has 0 saturated carbocycles. The van der Waals surface area contributed by atoms with E-state index in [0.29, 0.717) is 22.4 Å². The van der Waals surface area contributed by atoms with E-state index in [2.05, 4.69) is 9.36 Å². The van der Waals surface area contributed by atoms with Crippen LogP contribution in [0.1, 0.15) is 5.82 Å². The molecule has 18 heavy (non-hydrogen) atoms. The normalized spacial score (nSPS) is 10.7. The minimum atomic E-state index is -0.383. The largest absolute Gasteiger partial charge is 0.430 e. The summed E-state index contributed by atoms with van der Waals surface area (Å²) in [5.74, 6) is 1.23. The van der Waals surface area contributed by atoms with E-state index in [9.17, 15) is 4.79 Å². The number of hydrogen-bond acceptors (Lipinski definition) is 6. The van der Waals surface area contributed by atoms with Crippen LogP contribution in [0.4, 0.5) is 0 Å². The molecular formula is C12H8N2O3S. The summed E-state index contributed by atoms with van der Waals surface area (Å²) >= 11 is 1.18. The number of benzene rings is 1. The standard InChI is InChI=1S/C12H8N2O3S/c1-7-13-12(18-14-7)16-9-4-2-8-3-5-11(15)17-10(8)6-9/h2-6H,1H3. The Hall–Kier alpha value is -2.21. The van der Waals surface area contributed by atoms with Gasteiger partial charge >= 0.3 is 5.63 Å². The molecule has 0 bridgehead atoms. The van der Waals surface area contributed by atoms with E-state index in [4.69, 9.17) is 9.15 Å². The number of rotatable bonds is 2. The Balaban J connectivity index is 2.00. The fraction of sp³-hybridized carbons (Fsp3) is 0.0833. The van der Waals surface area contributed by atoms with Crippen LogP contribution in [0.3, 0.4) is 0 Å². The lowest BCUT2D eigenvalue weighted by atomic mass is 10.2. The molecule has 0 atom stereocenters. The molecule has 90 valence electrons. The van der Waals surface area contributed by atoms with E-state index < -0.39 is 0 Å². The molecule has 0 N–H and O–H groups in total. The number of fused-ring (bicyclic) bond motifs is 1. The van der Waals surface area contributed by atoms with Gasteiger partial charge in [-0.2, -0.15) is 9.36 Å². The topological polar surface area (TPSA) is 65.2 Å². The highest BCUT2D eigenvalue weighted by Crippen LogP contribution is 2.25. The number of nitrogens with zero attached hydrogens (tertiary/aromatic N) is 2. The Kier molecular flexibility index (Phi) is 2.56. The van der Waals surface area contributed by atoms with Crippen LogP contribution in [0, 0.1) is 6.92 Å². The van der Waals surface area contributed by atoms with Crippen LogP contribution < -0.4 is 10.4 Å². The lowest BCUT2D eigenvalue weighted by Crippen LogP contribution is -1.94. The fourth-order valence-corrected chi connectivity index (χ4v) is 2.08. The van der Waals surface area contributed by atoms with Crippen molar-refractivity contribution in [3.63, 3.8) is 0 Å². The summed E-state index contributed by atoms with van der Waals surface area (Å²) < 4.78 is 14.6. The van der Waals surface area contributed by atoms with Gasteiger partial charge in [0.15, 0.2) is 0 Å². The van der Waals surface area contributed by atoms with Crippen LogP contribution in [-0.4, -0.2) is 9.36 Å². The van der Waals surface area contributed by atoms with Gasteiger partial charge in [0.1, 0.15) is 17.2 Å². The maximum absolute atomic E-state index is 11.1. The zero-order valence-electron chi connectivity index (χ0n) is 9.41. The first kappa shape index (κ1) is 10.9. The van der Waals surface area contributed by atoms with Gasteiger partial charge in [-0.1, -0.05) is 0 Å². The molecule has 0 aliphatic rings. The molecule has 0 radical (unpaired) electrons. The van der Waals surface area contributed by atoms with Gasteiger partial charge in [-0.15, -0.1) is 0 Å². The first-order valence-corrected chi connectivity index (χ1v) is 6.00. The maximum Gasteiger partial charge on any atom is 0.336 e. The second-order valence-corrected chi connectivity index (χ2v) is 4.38. The first-order chi connectivity index (χ1) is 8.70. The minimum Gasteiger partial charge on any atom is -0.430 e. The van der Waals surface area contributed by atoms with Crippen molar-refractivity contribution in [3.05, 3.63) is 46.6 Å². The van der Waals surface area contributed by atoms with Crippen LogP contribution in [0.5, 0.6) is 10.9 Å². The van der Waals surface area contributed by atoms with Crippen molar-refractivity contribution >= 4 is 22.5 Å². The Labute approximate surface area is 106 Å². The van der Waals surface area contributed by atoms with Crippen LogP contribution in [0.25, 0.3) is 11.0 Å². The molecule has 0 aliphatic heterocycles. The molecular weight excluding hydrogens is 252 g/mol. The molecule has 3 aromatic rings. The average molecular weight is 260 g/mol. The van der Waals surface area contributed by atoms with E-state index >= 15 is 0 Å². The van der Waals surface area contributed by atoms with Crippen molar-refractivity contribution in [2.45, 2.75) is 6.92 Å². The van der Waals surface area contributed by atoms with Crippen LogP contribution in [0.2, 0.25) is 0 Å². The van der Waals surface area contributed by atoms with Gasteiger partial charge in [0.05, 0.1) is 0 Å². The van der Waals surface area contributed by atoms with E-state index in [1.807, 2.05) is 6.07 Å². The Morgan fingerprint density at radius 1 is 1.28 bits per heavy atom. The SMILES string of the molecule is Cc1nsc(Oc2ccc3ccc(=O)oc3c2)n1. The van der Waals surface area contributed by atoms with E-state index in [1.54, 1.807) is 25.1 Å². The number of aryl methyl sites for hydroxylation is 1. The second kappa shape index (κ2) is 4.23. The average Bonchev–Trinajstić information content (AvgIpc) is 2.74. The van der Waals surface area contributed by atoms with Crippen molar-refractivity contribution in [1.82, 2.24) is 9.36 Å². The van der Waals surface area contributed by atoms with Crippen LogP contribution >= 0.6 is 11.5 Å². The van der Waals surface area contributed by atoms with Crippen molar-refractivity contribution in [2.75, 3.05) is 0 Å². The van der Waals surface area contributed by atoms with Crippen molar-refractivity contribution in [2.24, 2.45) is 0 Å². The molecule has 0 aliphatic carbocycles. The molecule has 2 aromatic heterocycles. The summed E-state index contributed by atoms with van der Waals surface area (Å²) in [6, 6.07) is 8.37. The summed E-state index contributed by atoms with van der Waals surface area (Å²) in [5.41, 5.74) is 0.104. The monoisotopic (exact) mass is 260 g/mol. The Bertz CT molecular complexity index is 763. The quantitative estimate of drug-likeness (QED) is 0.663. The first-order valence-electron chi connectivity index (χ1n) is 5.23. The molecule has 0 amide bonds. The highest BCUT2D eigenvalue weighted by molar-refractivity contribution is 7.07. The van der Waals surface area contributed by atoms with Gasteiger partial charge in [0, 0.05) is 29.1 Å². The summed E-state index contributed by atoms with van der Waals surface area (Å²) in [6.07, 6.45) is 0. The van der Waals surface area contributed by atoms with Crippen molar-refractivity contribution in [1.29, 1.82) is 0 Å². The zero-order valence-corrected chi connectivity index (χ0v) is 10.2. The molecule has 0 unspecified atom stereocenters. The molecule has 0 fully saturated rings. The minimum absolute atomic E-state index is 0.383. The lowest BCUT2D eigenvalue weighted by Gasteiger charge is -2.01. The van der Waals surface area contributed by atoms with Gasteiger partial charge in [-0.05, 0) is 25.1 Å². The predicted molar refractivity (Wildman–Crippen MR) is 67.2 cm³/mol. The molecule has 3 rings (SSSR count). The summed E-state index contributed by atoms with van der Waals surface area (Å²) in [6.45, 7) is 1.79. The lowest BCUT2D eigenvalue weighted by molar-refractivity contribution is 0.476. The summed E-state index contributed by atoms with van der Waals surface area (Å²) in [4.78, 5) is 15.2. The van der Waals surface area contributed by atoms with Crippen LogP contribution in [-0.2, 0) is 0 Å². The highest BCUT2D eigenvalue weighted by Gasteiger charge is 2.05. The second-order valence-electron chi connectivity index (χ2n) is 3.66. The van der Waals surface area contributed by atoms with Gasteiger partial charge in [0.25, 0.3) is 5.19 Å². The summed E-state index contributed by atoms with van der Waals surface area (Å²) in [7, 11) is 0. The number of ether oxygens (including phenoxy) is 1. The molecule has 0 spiro atoms. The van der Waals surface area contributed by atoms with E-state index in [0.717, 1.165) is 5.39 Å². The maximum atomic E-state index is 11.1. The van der Waals surface area contributed by atoms with Gasteiger partial charge in [0.2, 0.25) is 0 Å². The Morgan fingerprint density at radius 3 is 2.89 bits per heavy atom. The molecule has 1 aromatic carbocycles. The number of hydrogen-bond donors (Lipinski definition) is 0. The molecule has 5 nitrogen and oxygen atoms in total. The van der Waals surface area contributed by atoms with Gasteiger partial charge in [-0.25, -0.2) is 4.79 Å². The highest BCUT2D eigenvalue weighted by atomic mass is 32.1. The van der Waals surface area contributed by atoms with Crippen molar-refractivity contribution < 1.29 is 9.15 Å². The van der Waals surface area contributed by atoms with E-state index in [1.165, 1.54) is 17.6 Å². The zero-order chi connectivity index (χ0) is 12.5. The van der Waals surface area contributed by atoms with Crippen LogP contribution in [0.15, 0.2) is 39.5 Å². The summed E-state index contributed by atoms with van der Waals surface area (Å²) in [5, 5.41) is 1.31. The van der Waals surface area contributed by atoms with Gasteiger partial charge in [-0.3, -0.25) is 0 Å². The number of aromatic nitrogens is 2. The molecule has 6 heteroatoms. The van der Waals surface area contributed by atoms with E-state index in [-0.39, 0.29) is 5.63 Å².